The Morgan fingerprint density at radius 3 is 1.07 bits per heavy atom. The summed E-state index contributed by atoms with van der Waals surface area (Å²) >= 11 is 7.22. The Morgan fingerprint density at radius 2 is 0.714 bits per heavy atom. The lowest BCUT2D eigenvalue weighted by Gasteiger charge is -2.18. The molecule has 0 amide bonds. The molecule has 0 saturated carbocycles. The largest absolute Gasteiger partial charge is 0.0622 e. The average Bonchev–Trinajstić information content (AvgIpc) is 3.03. The summed E-state index contributed by atoms with van der Waals surface area (Å²) < 4.78 is 2.15. The summed E-state index contributed by atoms with van der Waals surface area (Å²) in [5.41, 5.74) is 12.3. The third-order valence-corrected chi connectivity index (χ3v) is 8.99. The highest BCUT2D eigenvalue weighted by Crippen LogP contribution is 2.38. The zero-order chi connectivity index (χ0) is 29.1. The predicted molar refractivity (Wildman–Crippen MR) is 189 cm³/mol. The predicted octanol–water partition coefficient (Wildman–Crippen LogP) is 12.2. The van der Waals surface area contributed by atoms with Gasteiger partial charge in [0, 0.05) is 8.95 Å². The van der Waals surface area contributed by atoms with Crippen LogP contribution in [0.15, 0.2) is 142 Å². The number of rotatable bonds is 6. The SMILES string of the molecule is Cc1c(C)c(/C=C(\c2ccccc2)c2ccc(Br)cc2)c2ccccc2c1/C=C(\c1ccccc1)c1ccc(Br)cc1. The molecule has 0 nitrogen and oxygen atoms in total. The van der Waals surface area contributed by atoms with E-state index < -0.39 is 0 Å². The molecule has 0 saturated heterocycles. The monoisotopic (exact) mass is 668 g/mol. The van der Waals surface area contributed by atoms with E-state index in [0.29, 0.717) is 0 Å². The highest BCUT2D eigenvalue weighted by atomic mass is 79.9. The zero-order valence-electron chi connectivity index (χ0n) is 23.6. The van der Waals surface area contributed by atoms with Gasteiger partial charge in [-0.2, -0.15) is 0 Å². The van der Waals surface area contributed by atoms with E-state index in [1.54, 1.807) is 0 Å². The summed E-state index contributed by atoms with van der Waals surface area (Å²) in [5, 5.41) is 2.50. The van der Waals surface area contributed by atoms with Crippen LogP contribution < -0.4 is 0 Å². The van der Waals surface area contributed by atoms with Crippen molar-refractivity contribution in [3.05, 3.63) is 187 Å². The molecule has 6 rings (SSSR count). The Bertz CT molecular complexity index is 1770. The number of fused-ring (bicyclic) bond motifs is 1. The lowest BCUT2D eigenvalue weighted by Crippen LogP contribution is -1.97. The Hall–Kier alpha value is -3.98. The summed E-state index contributed by atoms with van der Waals surface area (Å²) in [6.07, 6.45) is 4.76. The van der Waals surface area contributed by atoms with Crippen LogP contribution in [0.4, 0.5) is 0 Å². The van der Waals surface area contributed by atoms with Crippen LogP contribution in [0.25, 0.3) is 34.1 Å². The number of benzene rings is 6. The van der Waals surface area contributed by atoms with Crippen molar-refractivity contribution in [2.45, 2.75) is 13.8 Å². The summed E-state index contributed by atoms with van der Waals surface area (Å²) in [7, 11) is 0. The van der Waals surface area contributed by atoms with Gasteiger partial charge in [0.15, 0.2) is 0 Å². The van der Waals surface area contributed by atoms with E-state index >= 15 is 0 Å². The molecule has 0 atom stereocenters. The van der Waals surface area contributed by atoms with Crippen molar-refractivity contribution in [2.75, 3.05) is 0 Å². The van der Waals surface area contributed by atoms with Crippen LogP contribution in [-0.4, -0.2) is 0 Å². The first-order valence-corrected chi connectivity index (χ1v) is 15.7. The van der Waals surface area contributed by atoms with Crippen molar-refractivity contribution >= 4 is 65.9 Å². The molecule has 0 unspecified atom stereocenters. The van der Waals surface area contributed by atoms with Crippen molar-refractivity contribution < 1.29 is 0 Å². The first kappa shape index (κ1) is 28.2. The smallest absolute Gasteiger partial charge is 0.0175 e. The molecule has 6 aromatic carbocycles. The fourth-order valence-electron chi connectivity index (χ4n) is 5.58. The summed E-state index contributed by atoms with van der Waals surface area (Å²) in [4.78, 5) is 0. The second kappa shape index (κ2) is 12.5. The Morgan fingerprint density at radius 1 is 0.405 bits per heavy atom. The van der Waals surface area contributed by atoms with E-state index in [4.69, 9.17) is 0 Å². The van der Waals surface area contributed by atoms with Gasteiger partial charge in [-0.15, -0.1) is 0 Å². The number of hydrogen-bond donors (Lipinski definition) is 0. The van der Waals surface area contributed by atoms with Crippen LogP contribution >= 0.6 is 31.9 Å². The third kappa shape index (κ3) is 5.83. The standard InChI is InChI=1S/C40H30Br2/c1-27-28(2)38(26-40(30-13-7-4-8-14-30)32-19-23-34(42)24-20-32)36-16-10-9-15-35(36)37(27)25-39(29-11-5-3-6-12-29)31-17-21-33(41)22-18-31/h3-26H,1-2H3/b39-25+,40-26+. The lowest BCUT2D eigenvalue weighted by molar-refractivity contribution is 1.34. The quantitative estimate of drug-likeness (QED) is 0.155. The van der Waals surface area contributed by atoms with Crippen molar-refractivity contribution in [2.24, 2.45) is 0 Å². The van der Waals surface area contributed by atoms with Crippen LogP contribution in [-0.2, 0) is 0 Å². The highest BCUT2D eigenvalue weighted by Gasteiger charge is 2.16. The molecule has 42 heavy (non-hydrogen) atoms. The summed E-state index contributed by atoms with van der Waals surface area (Å²) in [6, 6.07) is 47.4. The number of hydrogen-bond acceptors (Lipinski definition) is 0. The van der Waals surface area contributed by atoms with Crippen LogP contribution in [0.1, 0.15) is 44.5 Å². The minimum atomic E-state index is 1.08. The maximum absolute atomic E-state index is 3.61. The molecule has 0 radical (unpaired) electrons. The molecule has 0 aromatic heterocycles. The van der Waals surface area contributed by atoms with Gasteiger partial charge in [0.1, 0.15) is 0 Å². The summed E-state index contributed by atoms with van der Waals surface area (Å²) in [5.74, 6) is 0. The van der Waals surface area contributed by atoms with Gasteiger partial charge in [-0.05, 0) is 117 Å². The Balaban J connectivity index is 1.61. The van der Waals surface area contributed by atoms with Gasteiger partial charge in [0.25, 0.3) is 0 Å². The van der Waals surface area contributed by atoms with Gasteiger partial charge in [0.05, 0.1) is 0 Å². The second-order valence-corrected chi connectivity index (χ2v) is 12.3. The summed E-state index contributed by atoms with van der Waals surface area (Å²) in [6.45, 7) is 4.52. The molecule has 6 aromatic rings. The molecule has 204 valence electrons. The Labute approximate surface area is 265 Å². The third-order valence-electron chi connectivity index (χ3n) is 7.94. The molecule has 0 fully saturated rings. The fourth-order valence-corrected chi connectivity index (χ4v) is 6.11. The first-order valence-electron chi connectivity index (χ1n) is 14.1. The molecule has 0 spiro atoms. The molecule has 0 aliphatic rings. The molecular formula is C40H30Br2. The zero-order valence-corrected chi connectivity index (χ0v) is 26.8. The normalized spacial score (nSPS) is 12.1. The molecule has 2 heteroatoms. The van der Waals surface area contributed by atoms with Gasteiger partial charge >= 0.3 is 0 Å². The minimum absolute atomic E-state index is 1.08. The van der Waals surface area contributed by atoms with Crippen molar-refractivity contribution in [3.8, 4) is 0 Å². The van der Waals surface area contributed by atoms with Crippen molar-refractivity contribution in [1.29, 1.82) is 0 Å². The van der Waals surface area contributed by atoms with Gasteiger partial charge in [-0.1, -0.05) is 141 Å². The topological polar surface area (TPSA) is 0 Å². The molecule has 0 heterocycles. The van der Waals surface area contributed by atoms with E-state index in [2.05, 4.69) is 191 Å². The van der Waals surface area contributed by atoms with Crippen LogP contribution in [0, 0.1) is 13.8 Å². The molecule has 0 aliphatic heterocycles. The van der Waals surface area contributed by atoms with Gasteiger partial charge in [-0.25, -0.2) is 0 Å². The van der Waals surface area contributed by atoms with E-state index in [9.17, 15) is 0 Å². The van der Waals surface area contributed by atoms with Gasteiger partial charge in [-0.3, -0.25) is 0 Å². The van der Waals surface area contributed by atoms with Gasteiger partial charge < -0.3 is 0 Å². The van der Waals surface area contributed by atoms with E-state index in [0.717, 1.165) is 8.95 Å². The first-order chi connectivity index (χ1) is 20.5. The maximum atomic E-state index is 3.61. The minimum Gasteiger partial charge on any atom is -0.0622 e. The average molecular weight is 670 g/mol. The van der Waals surface area contributed by atoms with Crippen molar-refractivity contribution in [1.82, 2.24) is 0 Å². The van der Waals surface area contributed by atoms with E-state index in [-0.39, 0.29) is 0 Å². The van der Waals surface area contributed by atoms with Crippen molar-refractivity contribution in [3.63, 3.8) is 0 Å². The molecule has 0 N–H and O–H groups in total. The molecule has 0 aliphatic carbocycles. The van der Waals surface area contributed by atoms with Crippen LogP contribution in [0.3, 0.4) is 0 Å². The van der Waals surface area contributed by atoms with Crippen LogP contribution in [0.5, 0.6) is 0 Å². The lowest BCUT2D eigenvalue weighted by atomic mass is 9.86. The van der Waals surface area contributed by atoms with Crippen LogP contribution in [0.2, 0.25) is 0 Å². The fraction of sp³-hybridized carbons (Fsp3) is 0.0500. The van der Waals surface area contributed by atoms with E-state index in [1.807, 2.05) is 0 Å². The molecule has 0 bridgehead atoms. The number of halogens is 2. The maximum Gasteiger partial charge on any atom is 0.0175 e. The molecular weight excluding hydrogens is 640 g/mol. The van der Waals surface area contributed by atoms with Gasteiger partial charge in [0.2, 0.25) is 0 Å². The second-order valence-electron chi connectivity index (χ2n) is 10.5. The van der Waals surface area contributed by atoms with E-state index in [1.165, 1.54) is 66.4 Å². The highest BCUT2D eigenvalue weighted by molar-refractivity contribution is 9.10. The Kier molecular flexibility index (Phi) is 8.37.